The predicted molar refractivity (Wildman–Crippen MR) is 109 cm³/mol. The molecule has 0 radical (unpaired) electrons. The third-order valence-corrected chi connectivity index (χ3v) is 5.91. The lowest BCUT2D eigenvalue weighted by atomic mass is 9.79. The Hall–Kier alpha value is -1.61. The molecule has 7 nitrogen and oxygen atoms in total. The standard InChI is InChI=1S/C20H31BN2O5/c1-19(2)20(3,4)28-21(27-19)15-9-7-10-16(13-15)23-12-8-11-22(18(23)24)14-17(25-5)26-6/h7,9-10,13,17H,8,11-12,14H2,1-6H3. The number of carbonyl (C=O) groups is 1. The molecule has 1 aromatic carbocycles. The summed E-state index contributed by atoms with van der Waals surface area (Å²) >= 11 is 0. The number of benzene rings is 1. The van der Waals surface area contributed by atoms with Gasteiger partial charge in [0.1, 0.15) is 0 Å². The summed E-state index contributed by atoms with van der Waals surface area (Å²) in [5, 5.41) is 0. The lowest BCUT2D eigenvalue weighted by Crippen LogP contribution is -2.52. The van der Waals surface area contributed by atoms with Crippen LogP contribution in [0.3, 0.4) is 0 Å². The van der Waals surface area contributed by atoms with E-state index in [1.165, 1.54) is 0 Å². The van der Waals surface area contributed by atoms with Crippen LogP contribution in [0.4, 0.5) is 10.5 Å². The first-order chi connectivity index (χ1) is 13.2. The van der Waals surface area contributed by atoms with Gasteiger partial charge in [0.05, 0.1) is 17.7 Å². The van der Waals surface area contributed by atoms with Crippen molar-refractivity contribution in [1.82, 2.24) is 4.90 Å². The van der Waals surface area contributed by atoms with Crippen LogP contribution in [0.1, 0.15) is 34.1 Å². The lowest BCUT2D eigenvalue weighted by Gasteiger charge is -2.37. The summed E-state index contributed by atoms with van der Waals surface area (Å²) in [5.74, 6) is 0. The number of urea groups is 1. The van der Waals surface area contributed by atoms with Gasteiger partial charge in [-0.15, -0.1) is 0 Å². The van der Waals surface area contributed by atoms with Gasteiger partial charge in [0.25, 0.3) is 0 Å². The normalized spacial score (nSPS) is 21.7. The van der Waals surface area contributed by atoms with Crippen LogP contribution >= 0.6 is 0 Å². The summed E-state index contributed by atoms with van der Waals surface area (Å²) in [5.41, 5.74) is 0.947. The van der Waals surface area contributed by atoms with Crippen LogP contribution in [-0.2, 0) is 18.8 Å². The van der Waals surface area contributed by atoms with E-state index in [1.54, 1.807) is 24.0 Å². The van der Waals surface area contributed by atoms with Gasteiger partial charge < -0.3 is 23.7 Å². The maximum absolute atomic E-state index is 13.0. The van der Waals surface area contributed by atoms with Crippen LogP contribution in [0.5, 0.6) is 0 Å². The number of carbonyl (C=O) groups excluding carboxylic acids is 1. The molecule has 154 valence electrons. The fraction of sp³-hybridized carbons (Fsp3) is 0.650. The monoisotopic (exact) mass is 390 g/mol. The number of nitrogens with zero attached hydrogens (tertiary/aromatic N) is 2. The summed E-state index contributed by atoms with van der Waals surface area (Å²) in [6.45, 7) is 9.90. The number of amides is 2. The van der Waals surface area contributed by atoms with Crippen molar-refractivity contribution < 1.29 is 23.6 Å². The maximum Gasteiger partial charge on any atom is 0.494 e. The van der Waals surface area contributed by atoms with E-state index in [0.717, 1.165) is 17.6 Å². The van der Waals surface area contributed by atoms with Crippen molar-refractivity contribution in [3.63, 3.8) is 0 Å². The molecule has 1 aromatic rings. The fourth-order valence-corrected chi connectivity index (χ4v) is 3.43. The fourth-order valence-electron chi connectivity index (χ4n) is 3.43. The molecule has 2 aliphatic rings. The molecule has 0 bridgehead atoms. The van der Waals surface area contributed by atoms with Gasteiger partial charge in [0.2, 0.25) is 0 Å². The summed E-state index contributed by atoms with van der Waals surface area (Å²) < 4.78 is 22.8. The van der Waals surface area contributed by atoms with Crippen molar-refractivity contribution >= 4 is 24.3 Å². The molecule has 2 amide bonds. The maximum atomic E-state index is 13.0. The summed E-state index contributed by atoms with van der Waals surface area (Å²) in [7, 11) is 2.70. The van der Waals surface area contributed by atoms with Crippen molar-refractivity contribution in [2.24, 2.45) is 0 Å². The summed E-state index contributed by atoms with van der Waals surface area (Å²) in [6.07, 6.45) is 0.451. The summed E-state index contributed by atoms with van der Waals surface area (Å²) in [6, 6.07) is 7.79. The molecule has 2 fully saturated rings. The first kappa shape index (κ1) is 21.1. The third kappa shape index (κ3) is 4.05. The molecular weight excluding hydrogens is 359 g/mol. The second kappa shape index (κ2) is 8.03. The van der Waals surface area contributed by atoms with Gasteiger partial charge in [0, 0.05) is 33.0 Å². The average molecular weight is 390 g/mol. The largest absolute Gasteiger partial charge is 0.494 e. The molecule has 2 heterocycles. The molecule has 0 aromatic heterocycles. The Morgan fingerprint density at radius 1 is 1.11 bits per heavy atom. The highest BCUT2D eigenvalue weighted by molar-refractivity contribution is 6.62. The molecule has 28 heavy (non-hydrogen) atoms. The highest BCUT2D eigenvalue weighted by Crippen LogP contribution is 2.36. The van der Waals surface area contributed by atoms with Crippen molar-refractivity contribution in [1.29, 1.82) is 0 Å². The second-order valence-electron chi connectivity index (χ2n) is 8.32. The lowest BCUT2D eigenvalue weighted by molar-refractivity contribution is -0.111. The number of methoxy groups -OCH3 is 2. The SMILES string of the molecule is COC(CN1CCCN(c2cccc(B3OC(C)(C)C(C)(C)O3)c2)C1=O)OC. The zero-order chi connectivity index (χ0) is 20.5. The Kier molecular flexibility index (Phi) is 6.05. The Morgan fingerprint density at radius 2 is 1.75 bits per heavy atom. The Balaban J connectivity index is 1.77. The van der Waals surface area contributed by atoms with Crippen LogP contribution in [0.2, 0.25) is 0 Å². The van der Waals surface area contributed by atoms with Gasteiger partial charge in [-0.05, 0) is 51.7 Å². The van der Waals surface area contributed by atoms with E-state index in [9.17, 15) is 4.79 Å². The number of rotatable bonds is 6. The van der Waals surface area contributed by atoms with Crippen LogP contribution in [0.15, 0.2) is 24.3 Å². The molecular formula is C20H31BN2O5. The van der Waals surface area contributed by atoms with Crippen molar-refractivity contribution in [2.75, 3.05) is 38.8 Å². The first-order valence-corrected chi connectivity index (χ1v) is 9.76. The molecule has 0 spiro atoms. The van der Waals surface area contributed by atoms with Crippen LogP contribution < -0.4 is 10.4 Å². The molecule has 0 aliphatic carbocycles. The van der Waals surface area contributed by atoms with E-state index >= 15 is 0 Å². The number of hydrogen-bond donors (Lipinski definition) is 0. The molecule has 8 heteroatoms. The van der Waals surface area contributed by atoms with Crippen LogP contribution in [0, 0.1) is 0 Å². The van der Waals surface area contributed by atoms with Gasteiger partial charge in [-0.2, -0.15) is 0 Å². The topological polar surface area (TPSA) is 60.5 Å². The highest BCUT2D eigenvalue weighted by Gasteiger charge is 2.51. The second-order valence-corrected chi connectivity index (χ2v) is 8.32. The number of ether oxygens (including phenoxy) is 2. The van der Waals surface area contributed by atoms with Gasteiger partial charge in [-0.3, -0.25) is 4.90 Å². The van der Waals surface area contributed by atoms with E-state index in [-0.39, 0.29) is 6.03 Å². The van der Waals surface area contributed by atoms with Crippen LogP contribution in [-0.4, -0.2) is 69.4 Å². The van der Waals surface area contributed by atoms with Gasteiger partial charge >= 0.3 is 13.1 Å². The smallest absolute Gasteiger partial charge is 0.399 e. The minimum atomic E-state index is -0.452. The van der Waals surface area contributed by atoms with Crippen molar-refractivity contribution in [2.45, 2.75) is 51.6 Å². The van der Waals surface area contributed by atoms with E-state index in [2.05, 4.69) is 0 Å². The molecule has 0 saturated carbocycles. The predicted octanol–water partition coefficient (Wildman–Crippen LogP) is 2.24. The molecule has 0 N–H and O–H groups in total. The van der Waals surface area contributed by atoms with Crippen molar-refractivity contribution in [3.8, 4) is 0 Å². The van der Waals surface area contributed by atoms with E-state index in [4.69, 9.17) is 18.8 Å². The molecule has 2 saturated heterocycles. The van der Waals surface area contributed by atoms with Crippen molar-refractivity contribution in [3.05, 3.63) is 24.3 Å². The zero-order valence-electron chi connectivity index (χ0n) is 17.7. The van der Waals surface area contributed by atoms with E-state index in [0.29, 0.717) is 19.6 Å². The molecule has 0 atom stereocenters. The Morgan fingerprint density at radius 3 is 2.36 bits per heavy atom. The van der Waals surface area contributed by atoms with E-state index < -0.39 is 24.6 Å². The quantitative estimate of drug-likeness (QED) is 0.551. The zero-order valence-corrected chi connectivity index (χ0v) is 17.7. The average Bonchev–Trinajstić information content (AvgIpc) is 2.88. The summed E-state index contributed by atoms with van der Waals surface area (Å²) in [4.78, 5) is 16.6. The van der Waals surface area contributed by atoms with Gasteiger partial charge in [-0.1, -0.05) is 12.1 Å². The minimum Gasteiger partial charge on any atom is -0.399 e. The van der Waals surface area contributed by atoms with Gasteiger partial charge in [0.15, 0.2) is 6.29 Å². The molecule has 0 unspecified atom stereocenters. The molecule has 2 aliphatic heterocycles. The highest BCUT2D eigenvalue weighted by atomic mass is 16.7. The Bertz CT molecular complexity index is 692. The van der Waals surface area contributed by atoms with E-state index in [1.807, 2.05) is 52.0 Å². The molecule has 3 rings (SSSR count). The Labute approximate surface area is 168 Å². The van der Waals surface area contributed by atoms with Crippen LogP contribution in [0.25, 0.3) is 0 Å². The number of anilines is 1. The number of hydrogen-bond acceptors (Lipinski definition) is 5. The first-order valence-electron chi connectivity index (χ1n) is 9.76. The van der Waals surface area contributed by atoms with Gasteiger partial charge in [-0.25, -0.2) is 4.79 Å². The minimum absolute atomic E-state index is 0.0450. The third-order valence-electron chi connectivity index (χ3n) is 5.91.